The van der Waals surface area contributed by atoms with Gasteiger partial charge in [0.25, 0.3) is 0 Å². The summed E-state index contributed by atoms with van der Waals surface area (Å²) in [5.41, 5.74) is -0.475. The van der Waals surface area contributed by atoms with E-state index in [-0.39, 0.29) is 17.4 Å². The Labute approximate surface area is 106 Å². The lowest BCUT2D eigenvalue weighted by molar-refractivity contribution is -0.304. The molecule has 1 rings (SSSR count). The van der Waals surface area contributed by atoms with Gasteiger partial charge in [-0.3, -0.25) is 4.79 Å². The zero-order chi connectivity index (χ0) is 13.7. The van der Waals surface area contributed by atoms with Gasteiger partial charge in [0.15, 0.2) is 12.4 Å². The van der Waals surface area contributed by atoms with Crippen molar-refractivity contribution in [2.45, 2.75) is 6.42 Å². The van der Waals surface area contributed by atoms with E-state index in [1.165, 1.54) is 0 Å². The van der Waals surface area contributed by atoms with E-state index in [2.05, 4.69) is 0 Å². The average Bonchev–Trinajstić information content (AvgIpc) is 2.26. The number of carboxylic acid groups (broad SMARTS) is 1. The Morgan fingerprint density at radius 1 is 1.50 bits per heavy atom. The average molecular weight is 271 g/mol. The van der Waals surface area contributed by atoms with Gasteiger partial charge in [-0.05, 0) is 12.1 Å². The van der Waals surface area contributed by atoms with Gasteiger partial charge in [0.1, 0.15) is 17.6 Å². The van der Waals surface area contributed by atoms with E-state index in [0.29, 0.717) is 0 Å². The largest absolute Gasteiger partial charge is 0.550 e. The molecule has 0 spiro atoms. The number of rotatable bonds is 5. The fourth-order valence-corrected chi connectivity index (χ4v) is 1.39. The molecule has 5 nitrogen and oxygen atoms in total. The second-order valence-electron chi connectivity index (χ2n) is 3.18. The Bertz CT molecular complexity index is 539. The predicted octanol–water partition coefficient (Wildman–Crippen LogP) is 0.704. The van der Waals surface area contributed by atoms with E-state index in [1.807, 2.05) is 0 Å². The maximum atomic E-state index is 13.4. The highest BCUT2D eigenvalue weighted by atomic mass is 35.5. The number of aliphatic carboxylic acids is 1. The number of carboxylic acids is 1. The van der Waals surface area contributed by atoms with E-state index >= 15 is 0 Å². The summed E-state index contributed by atoms with van der Waals surface area (Å²) < 4.78 is 18.3. The van der Waals surface area contributed by atoms with Crippen molar-refractivity contribution in [2.24, 2.45) is 0 Å². The number of nitrogens with zero attached hydrogens (tertiary/aromatic N) is 1. The van der Waals surface area contributed by atoms with Gasteiger partial charge >= 0.3 is 0 Å². The van der Waals surface area contributed by atoms with Crippen LogP contribution in [0.5, 0.6) is 5.75 Å². The SMILES string of the molecule is N#CCOc1cc(C(=O)CC(=O)[O-])c(F)cc1Cl. The van der Waals surface area contributed by atoms with E-state index in [4.69, 9.17) is 21.6 Å². The molecule has 1 aromatic carbocycles. The zero-order valence-corrected chi connectivity index (χ0v) is 9.66. The molecular formula is C11H6ClFNO4-. The fraction of sp³-hybridized carbons (Fsp3) is 0.182. The quantitative estimate of drug-likeness (QED) is 0.580. The van der Waals surface area contributed by atoms with Crippen LogP contribution in [0.25, 0.3) is 0 Å². The molecule has 0 atom stereocenters. The molecule has 0 heterocycles. The molecule has 0 amide bonds. The molecule has 0 radical (unpaired) electrons. The van der Waals surface area contributed by atoms with Crippen LogP contribution in [-0.2, 0) is 4.79 Å². The Balaban J connectivity index is 3.08. The number of benzene rings is 1. The minimum absolute atomic E-state index is 0.0682. The summed E-state index contributed by atoms with van der Waals surface area (Å²) in [5, 5.41) is 18.5. The van der Waals surface area contributed by atoms with Gasteiger partial charge in [0, 0.05) is 5.97 Å². The Morgan fingerprint density at radius 3 is 2.72 bits per heavy atom. The number of carbonyl (C=O) groups is 2. The third kappa shape index (κ3) is 3.43. The molecule has 0 bridgehead atoms. The van der Waals surface area contributed by atoms with Crippen molar-refractivity contribution in [1.29, 1.82) is 5.26 Å². The summed E-state index contributed by atoms with van der Waals surface area (Å²) in [4.78, 5) is 21.7. The minimum Gasteiger partial charge on any atom is -0.550 e. The second-order valence-corrected chi connectivity index (χ2v) is 3.59. The number of Topliss-reactive ketones (excluding diaryl/α,β-unsaturated/α-hetero) is 1. The van der Waals surface area contributed by atoms with E-state index in [0.717, 1.165) is 12.1 Å². The smallest absolute Gasteiger partial charge is 0.174 e. The van der Waals surface area contributed by atoms with Gasteiger partial charge in [-0.15, -0.1) is 0 Å². The highest BCUT2D eigenvalue weighted by molar-refractivity contribution is 6.32. The molecule has 0 aliphatic heterocycles. The van der Waals surface area contributed by atoms with Crippen molar-refractivity contribution in [1.82, 2.24) is 0 Å². The summed E-state index contributed by atoms with van der Waals surface area (Å²) in [6, 6.07) is 3.45. The van der Waals surface area contributed by atoms with Crippen LogP contribution in [0, 0.1) is 17.1 Å². The molecule has 0 aliphatic rings. The molecule has 0 N–H and O–H groups in total. The van der Waals surface area contributed by atoms with Crippen molar-refractivity contribution in [3.63, 3.8) is 0 Å². The van der Waals surface area contributed by atoms with Crippen LogP contribution in [0.2, 0.25) is 5.02 Å². The minimum atomic E-state index is -1.62. The topological polar surface area (TPSA) is 90.2 Å². The summed E-state index contributed by atoms with van der Waals surface area (Å²) in [5.74, 6) is -3.61. The molecule has 1 aromatic rings. The van der Waals surface area contributed by atoms with E-state index in [1.54, 1.807) is 6.07 Å². The molecule has 0 saturated heterocycles. The van der Waals surface area contributed by atoms with Crippen molar-refractivity contribution < 1.29 is 23.8 Å². The molecule has 0 aliphatic carbocycles. The summed E-state index contributed by atoms with van der Waals surface area (Å²) in [6.45, 7) is -0.334. The number of carbonyl (C=O) groups excluding carboxylic acids is 2. The Hall–Kier alpha value is -2.13. The lowest BCUT2D eigenvalue weighted by Gasteiger charge is -2.08. The molecule has 18 heavy (non-hydrogen) atoms. The lowest BCUT2D eigenvalue weighted by atomic mass is 10.1. The number of hydrogen-bond donors (Lipinski definition) is 0. The zero-order valence-electron chi connectivity index (χ0n) is 8.91. The third-order valence-electron chi connectivity index (χ3n) is 1.92. The molecule has 7 heteroatoms. The summed E-state index contributed by atoms with van der Waals surface area (Å²) in [6.07, 6.45) is -0.948. The lowest BCUT2D eigenvalue weighted by Crippen LogP contribution is -2.25. The number of ether oxygens (including phenoxy) is 1. The third-order valence-corrected chi connectivity index (χ3v) is 2.21. The van der Waals surface area contributed by atoms with Crippen molar-refractivity contribution in [2.75, 3.05) is 6.61 Å². The Morgan fingerprint density at radius 2 is 2.17 bits per heavy atom. The van der Waals surface area contributed by atoms with Gasteiger partial charge in [0.2, 0.25) is 0 Å². The highest BCUT2D eigenvalue weighted by Gasteiger charge is 2.16. The number of halogens is 2. The number of hydrogen-bond acceptors (Lipinski definition) is 5. The Kier molecular flexibility index (Phi) is 4.63. The molecule has 0 saturated carbocycles. The molecule has 0 aromatic heterocycles. The molecule has 0 unspecified atom stereocenters. The molecule has 94 valence electrons. The maximum absolute atomic E-state index is 13.4. The van der Waals surface area contributed by atoms with E-state index < -0.39 is 29.6 Å². The first-order valence-corrected chi connectivity index (χ1v) is 5.05. The van der Waals surface area contributed by atoms with Crippen LogP contribution >= 0.6 is 11.6 Å². The van der Waals surface area contributed by atoms with Gasteiger partial charge in [-0.25, -0.2) is 4.39 Å². The van der Waals surface area contributed by atoms with Crippen LogP contribution in [0.4, 0.5) is 4.39 Å². The van der Waals surface area contributed by atoms with Crippen molar-refractivity contribution in [3.05, 3.63) is 28.5 Å². The van der Waals surface area contributed by atoms with Crippen LogP contribution in [0.3, 0.4) is 0 Å². The fourth-order valence-electron chi connectivity index (χ4n) is 1.19. The van der Waals surface area contributed by atoms with Crippen LogP contribution in [-0.4, -0.2) is 18.4 Å². The standard InChI is InChI=1S/C11H7ClFNO4/c12-7-4-8(13)6(9(15)5-11(16)17)3-10(7)18-2-1-14/h3-4H,2,5H2,(H,16,17)/p-1. The summed E-state index contributed by atoms with van der Waals surface area (Å²) >= 11 is 5.63. The first-order valence-electron chi connectivity index (χ1n) is 4.67. The summed E-state index contributed by atoms with van der Waals surface area (Å²) in [7, 11) is 0. The maximum Gasteiger partial charge on any atom is 0.174 e. The molecule has 0 fully saturated rings. The van der Waals surface area contributed by atoms with Crippen LogP contribution in [0.1, 0.15) is 16.8 Å². The van der Waals surface area contributed by atoms with Crippen LogP contribution < -0.4 is 9.84 Å². The number of nitriles is 1. The van der Waals surface area contributed by atoms with Crippen molar-refractivity contribution >= 4 is 23.4 Å². The van der Waals surface area contributed by atoms with Crippen molar-refractivity contribution in [3.8, 4) is 11.8 Å². The van der Waals surface area contributed by atoms with Gasteiger partial charge in [0.05, 0.1) is 17.0 Å². The second kappa shape index (κ2) is 5.98. The first-order chi connectivity index (χ1) is 8.45. The molecular weight excluding hydrogens is 265 g/mol. The van der Waals surface area contributed by atoms with Gasteiger partial charge in [-0.2, -0.15) is 5.26 Å². The number of ketones is 1. The van der Waals surface area contributed by atoms with E-state index in [9.17, 15) is 19.1 Å². The predicted molar refractivity (Wildman–Crippen MR) is 56.5 cm³/mol. The van der Waals surface area contributed by atoms with Gasteiger partial charge < -0.3 is 14.6 Å². The van der Waals surface area contributed by atoms with Gasteiger partial charge in [-0.1, -0.05) is 11.6 Å². The normalized spacial score (nSPS) is 9.61. The monoisotopic (exact) mass is 270 g/mol. The first kappa shape index (κ1) is 13.9. The highest BCUT2D eigenvalue weighted by Crippen LogP contribution is 2.28. The van der Waals surface area contributed by atoms with Crippen LogP contribution in [0.15, 0.2) is 12.1 Å².